The van der Waals surface area contributed by atoms with Crippen LogP contribution in [0.2, 0.25) is 0 Å². The maximum atomic E-state index is 12.2. The molecule has 0 fully saturated rings. The summed E-state index contributed by atoms with van der Waals surface area (Å²) in [6, 6.07) is 13.8. The number of benzene rings is 2. The molecule has 1 heterocycles. The second kappa shape index (κ2) is 8.23. The molecule has 0 unspecified atom stereocenters. The topological polar surface area (TPSA) is 91.7 Å². The predicted octanol–water partition coefficient (Wildman–Crippen LogP) is 2.57. The molecule has 2 aromatic rings. The highest BCUT2D eigenvalue weighted by Gasteiger charge is 2.18. The van der Waals surface area contributed by atoms with Gasteiger partial charge in [0.05, 0.1) is 28.6 Å². The van der Waals surface area contributed by atoms with Gasteiger partial charge in [0.15, 0.2) is 0 Å². The average Bonchev–Trinajstić information content (AvgIpc) is 2.83. The van der Waals surface area contributed by atoms with E-state index in [1.807, 2.05) is 18.0 Å². The second-order valence-electron chi connectivity index (χ2n) is 6.07. The third-order valence-corrected chi connectivity index (χ3v) is 4.16. The fourth-order valence-electron chi connectivity index (χ4n) is 2.70. The Morgan fingerprint density at radius 3 is 2.74 bits per heavy atom. The molecule has 7 nitrogen and oxygen atoms in total. The molecule has 0 spiro atoms. The molecule has 0 aromatic heterocycles. The van der Waals surface area contributed by atoms with E-state index in [-0.39, 0.29) is 19.1 Å². The SMILES string of the molecule is CN1CCC(=O)Nc2cc(C(=O)OCCOc3ccc(C#N)cc3)ccc21. The molecule has 0 aliphatic carbocycles. The summed E-state index contributed by atoms with van der Waals surface area (Å²) in [7, 11) is 1.90. The van der Waals surface area contributed by atoms with E-state index < -0.39 is 5.97 Å². The Balaban J connectivity index is 1.55. The third kappa shape index (κ3) is 4.55. The number of nitrogens with one attached hydrogen (secondary N) is 1. The third-order valence-electron chi connectivity index (χ3n) is 4.16. The predicted molar refractivity (Wildman–Crippen MR) is 99.9 cm³/mol. The van der Waals surface area contributed by atoms with Gasteiger partial charge in [-0.1, -0.05) is 0 Å². The molecule has 1 aliphatic rings. The first-order valence-electron chi connectivity index (χ1n) is 8.52. The number of carbonyl (C=O) groups excluding carboxylic acids is 2. The summed E-state index contributed by atoms with van der Waals surface area (Å²) in [6.45, 7) is 0.902. The van der Waals surface area contributed by atoms with E-state index >= 15 is 0 Å². The molecular formula is C20H19N3O4. The van der Waals surface area contributed by atoms with Gasteiger partial charge >= 0.3 is 5.97 Å². The number of nitrogens with zero attached hydrogens (tertiary/aromatic N) is 2. The number of hydrogen-bond acceptors (Lipinski definition) is 6. The highest BCUT2D eigenvalue weighted by molar-refractivity contribution is 5.99. The molecule has 0 saturated heterocycles. The molecule has 1 N–H and O–H groups in total. The zero-order chi connectivity index (χ0) is 19.2. The van der Waals surface area contributed by atoms with E-state index in [1.54, 1.807) is 42.5 Å². The number of amides is 1. The van der Waals surface area contributed by atoms with Gasteiger partial charge < -0.3 is 19.7 Å². The number of esters is 1. The summed E-state index contributed by atoms with van der Waals surface area (Å²) >= 11 is 0. The summed E-state index contributed by atoms with van der Waals surface area (Å²) < 4.78 is 10.7. The van der Waals surface area contributed by atoms with Crippen molar-refractivity contribution in [2.24, 2.45) is 0 Å². The van der Waals surface area contributed by atoms with Gasteiger partial charge in [-0.2, -0.15) is 5.26 Å². The van der Waals surface area contributed by atoms with Gasteiger partial charge in [-0.3, -0.25) is 4.79 Å². The van der Waals surface area contributed by atoms with Gasteiger partial charge in [0.25, 0.3) is 0 Å². The molecule has 138 valence electrons. The molecule has 2 aromatic carbocycles. The van der Waals surface area contributed by atoms with Crippen LogP contribution in [0, 0.1) is 11.3 Å². The van der Waals surface area contributed by atoms with Crippen molar-refractivity contribution in [1.82, 2.24) is 0 Å². The summed E-state index contributed by atoms with van der Waals surface area (Å²) in [5.41, 5.74) is 2.38. The summed E-state index contributed by atoms with van der Waals surface area (Å²) in [4.78, 5) is 26.0. The average molecular weight is 365 g/mol. The molecule has 0 bridgehead atoms. The fourth-order valence-corrected chi connectivity index (χ4v) is 2.70. The first-order valence-corrected chi connectivity index (χ1v) is 8.52. The number of fused-ring (bicyclic) bond motifs is 1. The molecule has 7 heteroatoms. The molecule has 1 amide bonds. The Labute approximate surface area is 157 Å². The highest BCUT2D eigenvalue weighted by atomic mass is 16.6. The zero-order valence-electron chi connectivity index (χ0n) is 14.9. The van der Waals surface area contributed by atoms with E-state index in [9.17, 15) is 9.59 Å². The molecule has 3 rings (SSSR count). The number of rotatable bonds is 5. The molecular weight excluding hydrogens is 346 g/mol. The second-order valence-corrected chi connectivity index (χ2v) is 6.07. The largest absolute Gasteiger partial charge is 0.490 e. The molecule has 27 heavy (non-hydrogen) atoms. The highest BCUT2D eigenvalue weighted by Crippen LogP contribution is 2.29. The number of ether oxygens (including phenoxy) is 2. The van der Waals surface area contributed by atoms with Crippen LogP contribution in [-0.2, 0) is 9.53 Å². The van der Waals surface area contributed by atoms with Crippen molar-refractivity contribution >= 4 is 23.3 Å². The van der Waals surface area contributed by atoms with Crippen LogP contribution in [-0.4, -0.2) is 38.7 Å². The van der Waals surface area contributed by atoms with Crippen LogP contribution < -0.4 is 15.0 Å². The van der Waals surface area contributed by atoms with Crippen LogP contribution in [0.3, 0.4) is 0 Å². The minimum Gasteiger partial charge on any atom is -0.490 e. The Bertz CT molecular complexity index is 887. The molecule has 1 aliphatic heterocycles. The number of hydrogen-bond donors (Lipinski definition) is 1. The number of carbonyl (C=O) groups is 2. The standard InChI is InChI=1S/C20H19N3O4/c1-23-9-8-19(24)22-17-12-15(4-7-18(17)23)20(25)27-11-10-26-16-5-2-14(13-21)3-6-16/h2-7,12H,8-11H2,1H3,(H,22,24). The zero-order valence-corrected chi connectivity index (χ0v) is 14.9. The van der Waals surface area contributed by atoms with Gasteiger partial charge in [0.2, 0.25) is 5.91 Å². The van der Waals surface area contributed by atoms with Crippen LogP contribution in [0.15, 0.2) is 42.5 Å². The lowest BCUT2D eigenvalue weighted by Gasteiger charge is -2.18. The Kier molecular flexibility index (Phi) is 5.57. The van der Waals surface area contributed by atoms with Crippen molar-refractivity contribution < 1.29 is 19.1 Å². The minimum atomic E-state index is -0.484. The lowest BCUT2D eigenvalue weighted by Crippen LogP contribution is -2.18. The van der Waals surface area contributed by atoms with E-state index in [0.29, 0.717) is 35.5 Å². The minimum absolute atomic E-state index is 0.0815. The van der Waals surface area contributed by atoms with Crippen LogP contribution in [0.4, 0.5) is 11.4 Å². The van der Waals surface area contributed by atoms with Gasteiger partial charge in [0, 0.05) is 20.0 Å². The van der Waals surface area contributed by atoms with Gasteiger partial charge in [-0.25, -0.2) is 4.79 Å². The van der Waals surface area contributed by atoms with Crippen molar-refractivity contribution in [2.75, 3.05) is 37.0 Å². The van der Waals surface area contributed by atoms with Gasteiger partial charge in [-0.05, 0) is 42.5 Å². The normalized spacial score (nSPS) is 13.0. The van der Waals surface area contributed by atoms with Crippen molar-refractivity contribution in [2.45, 2.75) is 6.42 Å². The quantitative estimate of drug-likeness (QED) is 0.647. The van der Waals surface area contributed by atoms with E-state index in [0.717, 1.165) is 5.69 Å². The smallest absolute Gasteiger partial charge is 0.338 e. The summed E-state index contributed by atoms with van der Waals surface area (Å²) in [6.07, 6.45) is 0.400. The first-order chi connectivity index (χ1) is 13.1. The van der Waals surface area contributed by atoms with E-state index in [2.05, 4.69) is 5.32 Å². The van der Waals surface area contributed by atoms with Gasteiger partial charge in [0.1, 0.15) is 19.0 Å². The number of nitriles is 1. The number of anilines is 2. The monoisotopic (exact) mass is 365 g/mol. The van der Waals surface area contributed by atoms with Crippen LogP contribution in [0.25, 0.3) is 0 Å². The van der Waals surface area contributed by atoms with Crippen molar-refractivity contribution in [3.63, 3.8) is 0 Å². The lowest BCUT2D eigenvalue weighted by molar-refractivity contribution is -0.115. The van der Waals surface area contributed by atoms with Crippen LogP contribution >= 0.6 is 0 Å². The fraction of sp³-hybridized carbons (Fsp3) is 0.250. The maximum absolute atomic E-state index is 12.2. The van der Waals surface area contributed by atoms with E-state index in [1.165, 1.54) is 0 Å². The van der Waals surface area contributed by atoms with E-state index in [4.69, 9.17) is 14.7 Å². The Morgan fingerprint density at radius 1 is 1.22 bits per heavy atom. The molecule has 0 saturated carbocycles. The van der Waals surface area contributed by atoms with Crippen LogP contribution in [0.1, 0.15) is 22.3 Å². The van der Waals surface area contributed by atoms with Crippen molar-refractivity contribution in [3.8, 4) is 11.8 Å². The molecule has 0 atom stereocenters. The van der Waals surface area contributed by atoms with Crippen LogP contribution in [0.5, 0.6) is 5.75 Å². The summed E-state index contributed by atoms with van der Waals surface area (Å²) in [5, 5.41) is 11.6. The first kappa shape index (κ1) is 18.3. The Hall–Kier alpha value is -3.53. The van der Waals surface area contributed by atoms with Crippen molar-refractivity contribution in [3.05, 3.63) is 53.6 Å². The lowest BCUT2D eigenvalue weighted by atomic mass is 10.1. The summed E-state index contributed by atoms with van der Waals surface area (Å²) in [5.74, 6) is 0.0325. The van der Waals surface area contributed by atoms with Gasteiger partial charge in [-0.15, -0.1) is 0 Å². The Morgan fingerprint density at radius 2 is 2.00 bits per heavy atom. The molecule has 0 radical (unpaired) electrons. The van der Waals surface area contributed by atoms with Crippen molar-refractivity contribution in [1.29, 1.82) is 5.26 Å². The maximum Gasteiger partial charge on any atom is 0.338 e.